The molecule has 1 aromatic heterocycles. The van der Waals surface area contributed by atoms with Crippen molar-refractivity contribution in [3.63, 3.8) is 0 Å². The molecule has 0 spiro atoms. The fourth-order valence-corrected chi connectivity index (χ4v) is 5.26. The zero-order valence-electron chi connectivity index (χ0n) is 23.7. The highest BCUT2D eigenvalue weighted by molar-refractivity contribution is 6.09. The first-order valence-electron chi connectivity index (χ1n) is 14.0. The third kappa shape index (κ3) is 5.64. The van der Waals surface area contributed by atoms with Crippen molar-refractivity contribution in [1.29, 1.82) is 0 Å². The van der Waals surface area contributed by atoms with Gasteiger partial charge in [0, 0.05) is 27.7 Å². The van der Waals surface area contributed by atoms with Gasteiger partial charge in [0.1, 0.15) is 11.2 Å². The van der Waals surface area contributed by atoms with Gasteiger partial charge in [-0.1, -0.05) is 115 Å². The van der Waals surface area contributed by atoms with Crippen LogP contribution in [0.15, 0.2) is 144 Å². The van der Waals surface area contributed by atoms with E-state index in [0.717, 1.165) is 44.4 Å². The number of para-hydroxylation sites is 2. The molecular weight excluding hydrogens is 498 g/mol. The first-order valence-corrected chi connectivity index (χ1v) is 14.0. The molecule has 0 radical (unpaired) electrons. The van der Waals surface area contributed by atoms with Crippen LogP contribution in [0, 0.1) is 20.8 Å². The minimum absolute atomic E-state index is 0.928. The Hall–Kier alpha value is -5.08. The number of furan rings is 1. The maximum Gasteiger partial charge on any atom is 0.143 e. The molecule has 2 nitrogen and oxygen atoms in total. The molecule has 200 valence electrons. The second-order valence-electron chi connectivity index (χ2n) is 10.5. The quantitative estimate of drug-likeness (QED) is 0.244. The largest absolute Gasteiger partial charge is 0.455 e. The van der Waals surface area contributed by atoms with Gasteiger partial charge in [-0.05, 0) is 78.9 Å². The summed E-state index contributed by atoms with van der Waals surface area (Å²) >= 11 is 0. The normalized spacial score (nSPS) is 10.8. The van der Waals surface area contributed by atoms with Crippen LogP contribution in [0.3, 0.4) is 0 Å². The molecule has 2 heteroatoms. The molecular formula is C39H33NO. The summed E-state index contributed by atoms with van der Waals surface area (Å²) in [7, 11) is 0. The van der Waals surface area contributed by atoms with Crippen LogP contribution in [0.4, 0.5) is 11.4 Å². The van der Waals surface area contributed by atoms with Gasteiger partial charge < -0.3 is 9.73 Å². The topological polar surface area (TPSA) is 25.2 Å². The van der Waals surface area contributed by atoms with Gasteiger partial charge in [0.05, 0.1) is 0 Å². The zero-order valence-corrected chi connectivity index (χ0v) is 23.7. The lowest BCUT2D eigenvalue weighted by atomic mass is 9.97. The summed E-state index contributed by atoms with van der Waals surface area (Å²) in [5, 5.41) is 5.76. The van der Waals surface area contributed by atoms with E-state index in [9.17, 15) is 0 Å². The fraction of sp³-hybridized carbons (Fsp3) is 0.0769. The summed E-state index contributed by atoms with van der Waals surface area (Å²) in [6.07, 6.45) is 0. The lowest BCUT2D eigenvalue weighted by Crippen LogP contribution is -1.90. The van der Waals surface area contributed by atoms with Gasteiger partial charge in [-0.2, -0.15) is 0 Å². The minimum Gasteiger partial charge on any atom is -0.455 e. The molecule has 0 aliphatic carbocycles. The van der Waals surface area contributed by atoms with Gasteiger partial charge in [0.2, 0.25) is 0 Å². The van der Waals surface area contributed by atoms with Crippen molar-refractivity contribution >= 4 is 33.3 Å². The van der Waals surface area contributed by atoms with E-state index >= 15 is 0 Å². The molecule has 0 aliphatic rings. The van der Waals surface area contributed by atoms with Gasteiger partial charge in [-0.25, -0.2) is 0 Å². The minimum atomic E-state index is 0.928. The van der Waals surface area contributed by atoms with Gasteiger partial charge in [-0.15, -0.1) is 0 Å². The second kappa shape index (κ2) is 11.6. The Morgan fingerprint density at radius 3 is 1.59 bits per heavy atom. The van der Waals surface area contributed by atoms with Crippen molar-refractivity contribution in [1.82, 2.24) is 0 Å². The monoisotopic (exact) mass is 531 g/mol. The smallest absolute Gasteiger partial charge is 0.143 e. The summed E-state index contributed by atoms with van der Waals surface area (Å²) in [6, 6.07) is 48.4. The van der Waals surface area contributed by atoms with E-state index in [1.807, 2.05) is 12.1 Å². The highest BCUT2D eigenvalue weighted by Crippen LogP contribution is 2.36. The van der Waals surface area contributed by atoms with E-state index in [1.165, 1.54) is 27.8 Å². The lowest BCUT2D eigenvalue weighted by Gasteiger charge is -2.08. The predicted octanol–water partition coefficient (Wildman–Crippen LogP) is 11.3. The van der Waals surface area contributed by atoms with Crippen LogP contribution in [-0.2, 0) is 0 Å². The molecule has 0 amide bonds. The summed E-state index contributed by atoms with van der Waals surface area (Å²) in [5.74, 6) is 0. The molecule has 0 unspecified atom stereocenters. The van der Waals surface area contributed by atoms with Crippen LogP contribution >= 0.6 is 0 Å². The summed E-state index contributed by atoms with van der Waals surface area (Å²) in [5.41, 5.74) is 12.9. The summed E-state index contributed by atoms with van der Waals surface area (Å²) in [6.45, 7) is 6.40. The Kier molecular flexibility index (Phi) is 7.38. The van der Waals surface area contributed by atoms with Crippen molar-refractivity contribution in [2.75, 3.05) is 5.32 Å². The van der Waals surface area contributed by atoms with Crippen molar-refractivity contribution in [3.8, 4) is 22.3 Å². The average molecular weight is 532 g/mol. The Morgan fingerprint density at radius 2 is 0.951 bits per heavy atom. The van der Waals surface area contributed by atoms with Crippen LogP contribution in [0.5, 0.6) is 0 Å². The van der Waals surface area contributed by atoms with E-state index in [0.29, 0.717) is 0 Å². The van der Waals surface area contributed by atoms with E-state index in [4.69, 9.17) is 4.42 Å². The third-order valence-electron chi connectivity index (χ3n) is 7.52. The number of benzene rings is 6. The predicted molar refractivity (Wildman–Crippen MR) is 175 cm³/mol. The van der Waals surface area contributed by atoms with Crippen LogP contribution in [0.25, 0.3) is 44.2 Å². The van der Waals surface area contributed by atoms with Crippen LogP contribution in [0.1, 0.15) is 16.7 Å². The molecule has 0 aliphatic heterocycles. The molecule has 7 aromatic rings. The molecule has 6 aromatic carbocycles. The van der Waals surface area contributed by atoms with Crippen molar-refractivity contribution < 1.29 is 4.42 Å². The molecule has 1 heterocycles. The first kappa shape index (κ1) is 26.2. The SMILES string of the molecule is Cc1ccc(Nc2ccc(-c3cccc4c3oc3ccccc34)cc2)cc1.Cc1ccccc1-c1ccccc1C. The number of rotatable bonds is 4. The van der Waals surface area contributed by atoms with Gasteiger partial charge in [0.15, 0.2) is 0 Å². The highest BCUT2D eigenvalue weighted by atomic mass is 16.3. The third-order valence-corrected chi connectivity index (χ3v) is 7.52. The maximum atomic E-state index is 6.16. The molecule has 41 heavy (non-hydrogen) atoms. The Morgan fingerprint density at radius 1 is 0.439 bits per heavy atom. The molecule has 0 saturated carbocycles. The van der Waals surface area contributed by atoms with Crippen LogP contribution in [-0.4, -0.2) is 0 Å². The maximum absolute atomic E-state index is 6.16. The molecule has 0 saturated heterocycles. The summed E-state index contributed by atoms with van der Waals surface area (Å²) < 4.78 is 6.16. The number of fused-ring (bicyclic) bond motifs is 3. The van der Waals surface area contributed by atoms with Gasteiger partial charge >= 0.3 is 0 Å². The summed E-state index contributed by atoms with van der Waals surface area (Å²) in [4.78, 5) is 0. The molecule has 7 rings (SSSR count). The Labute approximate surface area is 241 Å². The highest BCUT2D eigenvalue weighted by Gasteiger charge is 2.11. The van der Waals surface area contributed by atoms with Gasteiger partial charge in [-0.3, -0.25) is 0 Å². The second-order valence-corrected chi connectivity index (χ2v) is 10.5. The molecule has 0 bridgehead atoms. The number of hydrogen-bond donors (Lipinski definition) is 1. The van der Waals surface area contributed by atoms with E-state index < -0.39 is 0 Å². The number of nitrogens with one attached hydrogen (secondary N) is 1. The standard InChI is InChI=1S/C25H19NO.C14H14/c1-17-9-13-19(14-10-17)26-20-15-11-18(12-16-20)21-6-4-7-23-22-5-2-3-8-24(22)27-25(21)23;1-11-7-3-5-9-13(11)14-10-6-4-8-12(14)2/h2-16,26H,1H3;3-10H,1-2H3. The molecule has 1 N–H and O–H groups in total. The van der Waals surface area contributed by atoms with E-state index in [-0.39, 0.29) is 0 Å². The van der Waals surface area contributed by atoms with Gasteiger partial charge in [0.25, 0.3) is 0 Å². The fourth-order valence-electron chi connectivity index (χ4n) is 5.26. The average Bonchev–Trinajstić information content (AvgIpc) is 3.39. The molecule has 0 atom stereocenters. The Bertz CT molecular complexity index is 1880. The number of hydrogen-bond acceptors (Lipinski definition) is 2. The first-order chi connectivity index (χ1) is 20.1. The van der Waals surface area contributed by atoms with Crippen molar-refractivity contribution in [3.05, 3.63) is 156 Å². The molecule has 0 fully saturated rings. The Balaban J connectivity index is 0.000000182. The number of aryl methyl sites for hydroxylation is 3. The number of anilines is 2. The van der Waals surface area contributed by atoms with Crippen LogP contribution < -0.4 is 5.32 Å². The zero-order chi connectivity index (χ0) is 28.2. The van der Waals surface area contributed by atoms with E-state index in [1.54, 1.807) is 0 Å². The van der Waals surface area contributed by atoms with E-state index in [2.05, 4.69) is 153 Å². The lowest BCUT2D eigenvalue weighted by molar-refractivity contribution is 0.670. The van der Waals surface area contributed by atoms with Crippen LogP contribution in [0.2, 0.25) is 0 Å². The van der Waals surface area contributed by atoms with Crippen molar-refractivity contribution in [2.24, 2.45) is 0 Å². The van der Waals surface area contributed by atoms with Crippen molar-refractivity contribution in [2.45, 2.75) is 20.8 Å².